The molecule has 0 spiro atoms. The van der Waals surface area contributed by atoms with Crippen molar-refractivity contribution < 1.29 is 24.2 Å². The smallest absolute Gasteiger partial charge is 0.0253 e. The number of fused-ring (bicyclic) bond motifs is 3. The minimum Gasteiger partial charge on any atom is -0.184 e. The van der Waals surface area contributed by atoms with Crippen molar-refractivity contribution in [2.75, 3.05) is 0 Å². The van der Waals surface area contributed by atoms with Gasteiger partial charge in [-0.25, -0.2) is 5.57 Å². The normalized spacial score (nSPS) is 13.0. The van der Waals surface area contributed by atoms with Crippen molar-refractivity contribution in [3.8, 4) is 11.1 Å². The van der Waals surface area contributed by atoms with Crippen molar-refractivity contribution in [3.63, 3.8) is 0 Å². The zero-order valence-electron chi connectivity index (χ0n) is 22.4. The zero-order valence-corrected chi connectivity index (χ0v) is 26.5. The van der Waals surface area contributed by atoms with Crippen molar-refractivity contribution in [2.24, 2.45) is 5.92 Å². The molecule has 3 heteroatoms. The van der Waals surface area contributed by atoms with Gasteiger partial charge in [-0.15, -0.1) is 35.9 Å². The van der Waals surface area contributed by atoms with Crippen LogP contribution in [0.25, 0.3) is 16.7 Å². The molecule has 1 atom stereocenters. The number of hydrogen-bond donors (Lipinski definition) is 0. The number of rotatable bonds is 1. The molecular weight excluding hydrogens is 583 g/mol. The Morgan fingerprint density at radius 2 is 1.34 bits per heavy atom. The first-order valence-electron chi connectivity index (χ1n) is 12.1. The van der Waals surface area contributed by atoms with Crippen molar-refractivity contribution in [2.45, 2.75) is 27.2 Å². The summed E-state index contributed by atoms with van der Waals surface area (Å²) in [6.45, 7) is 9.29. The van der Waals surface area contributed by atoms with E-state index in [9.17, 15) is 0 Å². The molecule has 0 bridgehead atoms. The van der Waals surface area contributed by atoms with E-state index in [0.29, 0.717) is 5.92 Å². The minimum atomic E-state index is 0. The quantitative estimate of drug-likeness (QED) is 0.164. The van der Waals surface area contributed by atoms with E-state index in [2.05, 4.69) is 110 Å². The number of halogens is 2. The first kappa shape index (κ1) is 35.7. The molecule has 0 saturated heterocycles. The third-order valence-corrected chi connectivity index (χ3v) is 5.57. The van der Waals surface area contributed by atoms with Crippen molar-refractivity contribution in [1.82, 2.24) is 0 Å². The van der Waals surface area contributed by atoms with E-state index in [1.807, 2.05) is 42.5 Å². The van der Waals surface area contributed by atoms with Gasteiger partial charge in [-0.2, -0.15) is 84.8 Å². The Kier molecular flexibility index (Phi) is 19.4. The average Bonchev–Trinajstić information content (AvgIpc) is 3.52. The molecule has 1 unspecified atom stereocenters. The van der Waals surface area contributed by atoms with Crippen LogP contribution >= 0.6 is 24.8 Å². The van der Waals surface area contributed by atoms with Gasteiger partial charge in [-0.1, -0.05) is 85.5 Å². The van der Waals surface area contributed by atoms with Gasteiger partial charge in [-0.05, 0) is 6.42 Å². The fourth-order valence-electron chi connectivity index (χ4n) is 4.11. The Labute approximate surface area is 258 Å². The third kappa shape index (κ3) is 10.8. The molecule has 0 aromatic heterocycles. The van der Waals surface area contributed by atoms with Gasteiger partial charge < -0.3 is 6.92 Å². The Hall–Kier alpha value is -2.31. The summed E-state index contributed by atoms with van der Waals surface area (Å²) in [5.74, 6) is 0.468. The fraction of sp³-hybridized carbons (Fsp3) is 0.143. The molecule has 6 rings (SSSR count). The summed E-state index contributed by atoms with van der Waals surface area (Å²) >= 11 is 1.30. The molecule has 0 heterocycles. The average molecular weight is 619 g/mol. The van der Waals surface area contributed by atoms with Crippen LogP contribution in [0, 0.1) is 31.1 Å². The predicted octanol–water partition coefficient (Wildman–Crippen LogP) is 9.66. The second-order valence-corrected chi connectivity index (χ2v) is 7.98. The van der Waals surface area contributed by atoms with Gasteiger partial charge in [0.15, 0.2) is 0 Å². The van der Waals surface area contributed by atoms with Crippen LogP contribution in [-0.4, -0.2) is 4.21 Å². The first-order chi connectivity index (χ1) is 17.7. The second-order valence-electron chi connectivity index (χ2n) is 7.98. The molecule has 4 aromatic carbocycles. The van der Waals surface area contributed by atoms with Crippen LogP contribution in [0.1, 0.15) is 37.5 Å². The van der Waals surface area contributed by atoms with Crippen LogP contribution in [0.5, 0.6) is 0 Å². The molecule has 0 fully saturated rings. The Morgan fingerprint density at radius 3 is 1.89 bits per heavy atom. The molecule has 2 aliphatic rings. The van der Waals surface area contributed by atoms with Gasteiger partial charge in [0.2, 0.25) is 0 Å². The molecular formula is C35H36Cl2Zr-4. The molecule has 0 aliphatic heterocycles. The molecule has 0 radical (unpaired) electrons. The van der Waals surface area contributed by atoms with Gasteiger partial charge in [0.1, 0.15) is 0 Å². The second kappa shape index (κ2) is 20.6. The van der Waals surface area contributed by atoms with Crippen LogP contribution in [0.2, 0.25) is 0 Å². The predicted molar refractivity (Wildman–Crippen MR) is 167 cm³/mol. The van der Waals surface area contributed by atoms with Gasteiger partial charge in [0, 0.05) is 0 Å². The summed E-state index contributed by atoms with van der Waals surface area (Å²) in [4.78, 5) is 0. The van der Waals surface area contributed by atoms with E-state index in [-0.39, 0.29) is 24.8 Å². The molecule has 0 N–H and O–H groups in total. The minimum absolute atomic E-state index is 0. The summed E-state index contributed by atoms with van der Waals surface area (Å²) in [7, 11) is 0. The van der Waals surface area contributed by atoms with Crippen LogP contribution in [-0.2, 0) is 30.7 Å². The van der Waals surface area contributed by atoms with E-state index < -0.39 is 0 Å². The maximum Gasteiger partial charge on any atom is -0.0253 e. The molecule has 0 nitrogen and oxygen atoms in total. The molecule has 2 aliphatic carbocycles. The van der Waals surface area contributed by atoms with Crippen molar-refractivity contribution in [3.05, 3.63) is 157 Å². The fourth-order valence-corrected chi connectivity index (χ4v) is 4.11. The standard InChI is InChI=1S/C13H9.C13H13.C6H5.C2H5.CH2.2ClH.Zr/c1-3-7-12-10(5-1)9-11-6-2-4-8-13(11)12;1-10-8-11(2)13(9-10)12-6-4-3-5-7-12;1-2-4-6-5-3-1;1-2;;;;/h1-5,7-8H,9H2;3-7,9-10H,1-2H3;1-5H;1H2,2H3;1H2;2*1H;/q4*-1;;;;. The summed E-state index contributed by atoms with van der Waals surface area (Å²) in [5, 5.41) is 0. The molecule has 38 heavy (non-hydrogen) atoms. The van der Waals surface area contributed by atoms with Gasteiger partial charge >= 0.3 is 28.4 Å². The first-order valence-corrected chi connectivity index (χ1v) is 13.9. The molecule has 0 amide bonds. The molecule has 0 saturated carbocycles. The van der Waals surface area contributed by atoms with Crippen LogP contribution < -0.4 is 0 Å². The van der Waals surface area contributed by atoms with Crippen LogP contribution in [0.3, 0.4) is 0 Å². The largest absolute Gasteiger partial charge is 0.184 e. The van der Waals surface area contributed by atoms with Gasteiger partial charge in [0.05, 0.1) is 0 Å². The third-order valence-electron chi connectivity index (χ3n) is 5.57. The van der Waals surface area contributed by atoms with Crippen LogP contribution in [0.15, 0.2) is 115 Å². The Morgan fingerprint density at radius 1 is 0.763 bits per heavy atom. The van der Waals surface area contributed by atoms with Crippen molar-refractivity contribution in [1.29, 1.82) is 0 Å². The van der Waals surface area contributed by atoms with E-state index >= 15 is 0 Å². The monoisotopic (exact) mass is 616 g/mol. The maximum atomic E-state index is 3.39. The van der Waals surface area contributed by atoms with E-state index in [0.717, 1.165) is 6.42 Å². The van der Waals surface area contributed by atoms with Gasteiger partial charge in [-0.3, -0.25) is 6.08 Å². The number of allylic oxidation sites excluding steroid dienone is 4. The van der Waals surface area contributed by atoms with E-state index in [1.54, 1.807) is 6.92 Å². The van der Waals surface area contributed by atoms with E-state index in [4.69, 9.17) is 0 Å². The Balaban J connectivity index is 0.000000519. The van der Waals surface area contributed by atoms with E-state index in [1.165, 1.54) is 63.2 Å². The number of hydrogen-bond acceptors (Lipinski definition) is 0. The molecule has 4 aromatic rings. The summed E-state index contributed by atoms with van der Waals surface area (Å²) in [5.41, 5.74) is 9.43. The topological polar surface area (TPSA) is 0 Å². The van der Waals surface area contributed by atoms with Crippen LogP contribution in [0.4, 0.5) is 0 Å². The number of benzene rings is 4. The SMILES string of the molecule is CC1=[C-]C(C)C=C1c1ccccc1.Cl.Cl.[CH2-]C.[CH2]=[Zr].[c-]1cccc2c1Cc1ccccc1-2.[c-]1ccccc1. The Bertz CT molecular complexity index is 1160. The summed E-state index contributed by atoms with van der Waals surface area (Å²) in [6.07, 6.45) is 6.71. The molecule has 198 valence electrons. The van der Waals surface area contributed by atoms with Crippen molar-refractivity contribution >= 4 is 34.6 Å². The summed E-state index contributed by atoms with van der Waals surface area (Å²) < 4.78 is 3.34. The summed E-state index contributed by atoms with van der Waals surface area (Å²) in [6, 6.07) is 41.1. The zero-order chi connectivity index (χ0) is 26.2. The maximum absolute atomic E-state index is 3.39. The van der Waals surface area contributed by atoms with Gasteiger partial charge in [0.25, 0.3) is 0 Å².